The van der Waals surface area contributed by atoms with Crippen molar-refractivity contribution in [2.24, 2.45) is 5.73 Å². The Hall–Kier alpha value is -1.68. The smallest absolute Gasteiger partial charge is 0.128 e. The summed E-state index contributed by atoms with van der Waals surface area (Å²) in [6.07, 6.45) is 3.64. The van der Waals surface area contributed by atoms with Gasteiger partial charge in [0, 0.05) is 30.4 Å². The zero-order valence-electron chi connectivity index (χ0n) is 9.15. The molecule has 4 heteroatoms. The number of nitrogens with two attached hydrogens (primary N) is 1. The van der Waals surface area contributed by atoms with Crippen molar-refractivity contribution in [1.29, 1.82) is 0 Å². The molecule has 0 saturated carbocycles. The van der Waals surface area contributed by atoms with Crippen molar-refractivity contribution >= 4 is 0 Å². The van der Waals surface area contributed by atoms with Crippen LogP contribution < -0.4 is 5.73 Å². The molecule has 2 aromatic rings. The molecule has 3 nitrogen and oxygen atoms in total. The molecular weight excluding hydrogens is 205 g/mol. The summed E-state index contributed by atoms with van der Waals surface area (Å²) in [5.41, 5.74) is 7.69. The van der Waals surface area contributed by atoms with Crippen LogP contribution in [0, 0.1) is 5.82 Å². The Balaban J connectivity index is 2.37. The minimum Gasteiger partial charge on any atom is -0.326 e. The van der Waals surface area contributed by atoms with Gasteiger partial charge in [-0.05, 0) is 18.6 Å². The van der Waals surface area contributed by atoms with Crippen molar-refractivity contribution in [3.8, 4) is 11.1 Å². The molecule has 2 N–H and O–H groups in total. The molecule has 0 spiro atoms. The van der Waals surface area contributed by atoms with E-state index in [9.17, 15) is 4.39 Å². The lowest BCUT2D eigenvalue weighted by Crippen LogP contribution is -1.99. The highest BCUT2D eigenvalue weighted by atomic mass is 19.1. The minimum atomic E-state index is -0.260. The van der Waals surface area contributed by atoms with Gasteiger partial charge in [-0.3, -0.25) is 4.68 Å². The molecule has 84 valence electrons. The third-order valence-electron chi connectivity index (χ3n) is 2.56. The van der Waals surface area contributed by atoms with Crippen LogP contribution in [-0.4, -0.2) is 9.78 Å². The summed E-state index contributed by atoms with van der Waals surface area (Å²) >= 11 is 0. The molecule has 0 aliphatic carbocycles. The number of halogens is 1. The van der Waals surface area contributed by atoms with Crippen LogP contribution in [0.3, 0.4) is 0 Å². The molecule has 0 aliphatic rings. The lowest BCUT2D eigenvalue weighted by Gasteiger charge is -2.02. The Morgan fingerprint density at radius 3 is 2.75 bits per heavy atom. The van der Waals surface area contributed by atoms with Crippen molar-refractivity contribution in [3.63, 3.8) is 0 Å². The number of benzene rings is 1. The molecule has 0 atom stereocenters. The van der Waals surface area contributed by atoms with Gasteiger partial charge in [0.1, 0.15) is 5.82 Å². The first-order valence-corrected chi connectivity index (χ1v) is 5.26. The first-order chi connectivity index (χ1) is 7.74. The van der Waals surface area contributed by atoms with Gasteiger partial charge in [-0.2, -0.15) is 5.10 Å². The summed E-state index contributed by atoms with van der Waals surface area (Å²) in [4.78, 5) is 0. The van der Waals surface area contributed by atoms with Crippen LogP contribution in [0.25, 0.3) is 11.1 Å². The molecule has 0 amide bonds. The van der Waals surface area contributed by atoms with E-state index in [-0.39, 0.29) is 12.4 Å². The van der Waals surface area contributed by atoms with E-state index in [2.05, 4.69) is 5.10 Å². The highest BCUT2D eigenvalue weighted by Gasteiger charge is 2.05. The summed E-state index contributed by atoms with van der Waals surface area (Å²) in [5, 5.41) is 4.15. The van der Waals surface area contributed by atoms with E-state index in [1.807, 2.05) is 23.9 Å². The predicted octanol–water partition coefficient (Wildman–Crippen LogP) is 2.17. The van der Waals surface area contributed by atoms with Crippen LogP contribution in [0.4, 0.5) is 4.39 Å². The summed E-state index contributed by atoms with van der Waals surface area (Å²) in [6.45, 7) is 3.04. The highest BCUT2D eigenvalue weighted by Crippen LogP contribution is 2.21. The second-order valence-electron chi connectivity index (χ2n) is 3.60. The molecule has 0 fully saturated rings. The van der Waals surface area contributed by atoms with Gasteiger partial charge in [-0.15, -0.1) is 0 Å². The number of nitrogens with zero attached hydrogens (tertiary/aromatic N) is 2. The van der Waals surface area contributed by atoms with Gasteiger partial charge in [0.2, 0.25) is 0 Å². The van der Waals surface area contributed by atoms with E-state index in [0.29, 0.717) is 5.56 Å². The second kappa shape index (κ2) is 4.45. The van der Waals surface area contributed by atoms with Gasteiger partial charge >= 0.3 is 0 Å². The lowest BCUT2D eigenvalue weighted by molar-refractivity contribution is 0.611. The first kappa shape index (κ1) is 10.8. The zero-order valence-corrected chi connectivity index (χ0v) is 9.15. The zero-order chi connectivity index (χ0) is 11.5. The molecule has 0 bridgehead atoms. The first-order valence-electron chi connectivity index (χ1n) is 5.26. The summed E-state index contributed by atoms with van der Waals surface area (Å²) in [6, 6.07) is 5.08. The van der Waals surface area contributed by atoms with Crippen molar-refractivity contribution in [2.75, 3.05) is 0 Å². The number of aromatic nitrogens is 2. The maximum absolute atomic E-state index is 13.5. The van der Waals surface area contributed by atoms with Gasteiger partial charge < -0.3 is 5.73 Å². The highest BCUT2D eigenvalue weighted by molar-refractivity contribution is 5.62. The van der Waals surface area contributed by atoms with Crippen LogP contribution in [-0.2, 0) is 13.1 Å². The van der Waals surface area contributed by atoms with E-state index in [0.717, 1.165) is 17.7 Å². The largest absolute Gasteiger partial charge is 0.326 e. The van der Waals surface area contributed by atoms with E-state index in [4.69, 9.17) is 5.73 Å². The van der Waals surface area contributed by atoms with Crippen LogP contribution in [0.15, 0.2) is 30.6 Å². The van der Waals surface area contributed by atoms with Crippen molar-refractivity contribution < 1.29 is 4.39 Å². The molecule has 0 radical (unpaired) electrons. The van der Waals surface area contributed by atoms with E-state index in [1.165, 1.54) is 6.07 Å². The Morgan fingerprint density at radius 1 is 1.38 bits per heavy atom. The monoisotopic (exact) mass is 219 g/mol. The topological polar surface area (TPSA) is 43.8 Å². The van der Waals surface area contributed by atoms with E-state index < -0.39 is 0 Å². The minimum absolute atomic E-state index is 0.223. The molecule has 1 heterocycles. The molecule has 0 unspecified atom stereocenters. The average Bonchev–Trinajstić information content (AvgIpc) is 2.77. The average molecular weight is 219 g/mol. The number of hydrogen-bond donors (Lipinski definition) is 1. The summed E-state index contributed by atoms with van der Waals surface area (Å²) in [5.74, 6) is -0.260. The van der Waals surface area contributed by atoms with Crippen LogP contribution in [0.2, 0.25) is 0 Å². The van der Waals surface area contributed by atoms with Crippen LogP contribution in [0.1, 0.15) is 12.5 Å². The molecule has 1 aromatic carbocycles. The Morgan fingerprint density at radius 2 is 2.19 bits per heavy atom. The Labute approximate surface area is 93.7 Å². The Bertz CT molecular complexity index is 491. The van der Waals surface area contributed by atoms with Crippen molar-refractivity contribution in [1.82, 2.24) is 9.78 Å². The van der Waals surface area contributed by atoms with Crippen LogP contribution >= 0.6 is 0 Å². The standard InChI is InChI=1S/C12H14FN3/c1-2-16-8-11(7-15-16)9-3-4-10(6-14)12(13)5-9/h3-5,7-8H,2,6,14H2,1H3. The van der Waals surface area contributed by atoms with Crippen LogP contribution in [0.5, 0.6) is 0 Å². The number of aryl methyl sites for hydroxylation is 1. The maximum Gasteiger partial charge on any atom is 0.128 e. The quantitative estimate of drug-likeness (QED) is 0.859. The summed E-state index contributed by atoms with van der Waals surface area (Å²) < 4.78 is 15.3. The molecule has 0 saturated heterocycles. The van der Waals surface area contributed by atoms with Crippen molar-refractivity contribution in [3.05, 3.63) is 42.0 Å². The van der Waals surface area contributed by atoms with E-state index in [1.54, 1.807) is 12.3 Å². The molecule has 16 heavy (non-hydrogen) atoms. The van der Waals surface area contributed by atoms with Gasteiger partial charge in [0.15, 0.2) is 0 Å². The molecule has 2 rings (SSSR count). The lowest BCUT2D eigenvalue weighted by atomic mass is 10.1. The van der Waals surface area contributed by atoms with Crippen molar-refractivity contribution in [2.45, 2.75) is 20.0 Å². The molecular formula is C12H14FN3. The van der Waals surface area contributed by atoms with Gasteiger partial charge in [0.25, 0.3) is 0 Å². The third-order valence-corrected chi connectivity index (χ3v) is 2.56. The maximum atomic E-state index is 13.5. The second-order valence-corrected chi connectivity index (χ2v) is 3.60. The fraction of sp³-hybridized carbons (Fsp3) is 0.250. The number of rotatable bonds is 3. The normalized spacial score (nSPS) is 10.7. The van der Waals surface area contributed by atoms with Gasteiger partial charge in [0.05, 0.1) is 6.20 Å². The molecule has 0 aliphatic heterocycles. The molecule has 1 aromatic heterocycles. The summed E-state index contributed by atoms with van der Waals surface area (Å²) in [7, 11) is 0. The fourth-order valence-electron chi connectivity index (χ4n) is 1.58. The predicted molar refractivity (Wildman–Crippen MR) is 61.2 cm³/mol. The number of hydrogen-bond acceptors (Lipinski definition) is 2. The van der Waals surface area contributed by atoms with E-state index >= 15 is 0 Å². The van der Waals surface area contributed by atoms with Gasteiger partial charge in [-0.25, -0.2) is 4.39 Å². The van der Waals surface area contributed by atoms with Gasteiger partial charge in [-0.1, -0.05) is 12.1 Å². The SMILES string of the molecule is CCn1cc(-c2ccc(CN)c(F)c2)cn1. The third kappa shape index (κ3) is 1.97. The Kier molecular flexibility index (Phi) is 3.01. The fourth-order valence-corrected chi connectivity index (χ4v) is 1.58.